The molecule has 0 unspecified atom stereocenters. The highest BCUT2D eigenvalue weighted by Gasteiger charge is 1.99. The summed E-state index contributed by atoms with van der Waals surface area (Å²) < 4.78 is 4.90. The second-order valence-electron chi connectivity index (χ2n) is 1.97. The minimum atomic E-state index is 0.774. The summed E-state index contributed by atoms with van der Waals surface area (Å²) in [5.41, 5.74) is 0.984. The number of rotatable bonds is 0. The molecule has 1 nitrogen and oxygen atoms in total. The number of nitrogens with zero attached hydrogens (tertiary/aromatic N) is 1. The lowest BCUT2D eigenvalue weighted by molar-refractivity contribution is 1.67. The average molecular weight is 170 g/mol. The van der Waals surface area contributed by atoms with Crippen LogP contribution in [-0.2, 0) is 0 Å². The van der Waals surface area contributed by atoms with E-state index in [1.54, 1.807) is 0 Å². The fraction of sp³-hybridized carbons (Fsp3) is 0. The molecule has 2 rings (SSSR count). The second-order valence-corrected chi connectivity index (χ2v) is 3.35. The molecule has 0 aliphatic rings. The number of fused-ring (bicyclic) bond motifs is 1. The van der Waals surface area contributed by atoms with E-state index in [-0.39, 0.29) is 0 Å². The van der Waals surface area contributed by atoms with Gasteiger partial charge in [0.15, 0.2) is 0 Å². The Bertz CT molecular complexity index is 355. The van der Waals surface area contributed by atoms with Crippen LogP contribution >= 0.6 is 23.1 Å². The summed E-state index contributed by atoms with van der Waals surface area (Å²) in [4.78, 5) is 0. The topological polar surface area (TPSA) is 12.9 Å². The molecule has 10 heavy (non-hydrogen) atoms. The summed E-state index contributed by atoms with van der Waals surface area (Å²) in [6.07, 6.45) is 0. The van der Waals surface area contributed by atoms with Crippen LogP contribution in [0.4, 0.5) is 0 Å². The fourth-order valence-corrected chi connectivity index (χ4v) is 1.73. The second kappa shape index (κ2) is 2.22. The van der Waals surface area contributed by atoms with Crippen molar-refractivity contribution in [3.8, 4) is 0 Å². The van der Waals surface area contributed by atoms with Gasteiger partial charge < -0.3 is 0 Å². The van der Waals surface area contributed by atoms with E-state index >= 15 is 0 Å². The van der Waals surface area contributed by atoms with Crippen LogP contribution in [0, 0.1) is 0 Å². The number of halogens is 1. The Labute approximate surface area is 67.4 Å². The minimum Gasteiger partial charge on any atom is -0.191 e. The van der Waals surface area contributed by atoms with Gasteiger partial charge in [0, 0.05) is 5.39 Å². The van der Waals surface area contributed by atoms with Gasteiger partial charge in [-0.25, -0.2) is 0 Å². The molecule has 50 valence electrons. The molecule has 0 aliphatic heterocycles. The minimum absolute atomic E-state index is 0.774. The molecule has 0 saturated heterocycles. The molecule has 0 saturated carbocycles. The Kier molecular flexibility index (Phi) is 1.36. The number of aromatic nitrogens is 1. The summed E-state index contributed by atoms with van der Waals surface area (Å²) >= 11 is 7.16. The van der Waals surface area contributed by atoms with E-state index in [1.807, 2.05) is 24.3 Å². The van der Waals surface area contributed by atoms with Crippen LogP contribution in [0.25, 0.3) is 10.9 Å². The number of hydrogen-bond acceptors (Lipinski definition) is 2. The highest BCUT2D eigenvalue weighted by Crippen LogP contribution is 2.26. The van der Waals surface area contributed by atoms with Gasteiger partial charge in [0.2, 0.25) is 0 Å². The van der Waals surface area contributed by atoms with Gasteiger partial charge in [-0.1, -0.05) is 29.8 Å². The van der Waals surface area contributed by atoms with E-state index in [9.17, 15) is 0 Å². The van der Waals surface area contributed by atoms with E-state index in [1.165, 1.54) is 11.5 Å². The van der Waals surface area contributed by atoms with E-state index < -0.39 is 0 Å². The van der Waals surface area contributed by atoms with Gasteiger partial charge in [-0.2, -0.15) is 4.37 Å². The molecule has 0 bridgehead atoms. The van der Waals surface area contributed by atoms with Crippen molar-refractivity contribution in [2.24, 2.45) is 0 Å². The van der Waals surface area contributed by atoms with Crippen molar-refractivity contribution in [1.82, 2.24) is 4.37 Å². The average Bonchev–Trinajstić information content (AvgIpc) is 2.34. The maximum atomic E-state index is 5.83. The van der Waals surface area contributed by atoms with E-state index in [2.05, 4.69) is 4.37 Å². The first-order valence-corrected chi connectivity index (χ1v) is 4.03. The SMILES string of the molecule is Clc1snc2ccccc12. The molecule has 1 aromatic carbocycles. The zero-order valence-electron chi connectivity index (χ0n) is 5.04. The summed E-state index contributed by atoms with van der Waals surface area (Å²) in [6.45, 7) is 0. The molecular weight excluding hydrogens is 166 g/mol. The zero-order valence-corrected chi connectivity index (χ0v) is 6.62. The molecule has 3 heteroatoms. The van der Waals surface area contributed by atoms with Crippen molar-refractivity contribution in [1.29, 1.82) is 0 Å². The van der Waals surface area contributed by atoms with Crippen molar-refractivity contribution in [3.63, 3.8) is 0 Å². The third kappa shape index (κ3) is 0.805. The lowest BCUT2D eigenvalue weighted by Gasteiger charge is -1.83. The molecule has 0 aliphatic carbocycles. The predicted molar refractivity (Wildman–Crippen MR) is 44.6 cm³/mol. The summed E-state index contributed by atoms with van der Waals surface area (Å²) in [7, 11) is 0. The van der Waals surface area contributed by atoms with Gasteiger partial charge in [-0.15, -0.1) is 0 Å². The van der Waals surface area contributed by atoms with Gasteiger partial charge in [0.1, 0.15) is 4.34 Å². The highest BCUT2D eigenvalue weighted by atomic mass is 35.5. The van der Waals surface area contributed by atoms with Crippen LogP contribution in [0.1, 0.15) is 0 Å². The molecule has 0 spiro atoms. The van der Waals surface area contributed by atoms with Crippen LogP contribution in [-0.4, -0.2) is 4.37 Å². The predicted octanol–water partition coefficient (Wildman–Crippen LogP) is 2.95. The molecule has 0 N–H and O–H groups in total. The van der Waals surface area contributed by atoms with Gasteiger partial charge in [0.05, 0.1) is 5.52 Å². The van der Waals surface area contributed by atoms with E-state index in [0.29, 0.717) is 0 Å². The number of benzene rings is 1. The molecule has 1 heterocycles. The monoisotopic (exact) mass is 169 g/mol. The van der Waals surface area contributed by atoms with Gasteiger partial charge >= 0.3 is 0 Å². The van der Waals surface area contributed by atoms with Crippen LogP contribution in [0.5, 0.6) is 0 Å². The van der Waals surface area contributed by atoms with Crippen LogP contribution in [0.15, 0.2) is 24.3 Å². The largest absolute Gasteiger partial charge is 0.191 e. The molecule has 0 fully saturated rings. The van der Waals surface area contributed by atoms with Crippen molar-refractivity contribution < 1.29 is 0 Å². The lowest BCUT2D eigenvalue weighted by atomic mass is 10.3. The summed E-state index contributed by atoms with van der Waals surface area (Å²) in [5.74, 6) is 0. The Morgan fingerprint density at radius 1 is 1.30 bits per heavy atom. The normalized spacial score (nSPS) is 10.5. The third-order valence-electron chi connectivity index (χ3n) is 1.34. The first-order chi connectivity index (χ1) is 4.88. The molecule has 0 radical (unpaired) electrons. The molecule has 1 aromatic heterocycles. The third-order valence-corrected chi connectivity index (χ3v) is 2.42. The highest BCUT2D eigenvalue weighted by molar-refractivity contribution is 7.12. The van der Waals surface area contributed by atoms with Crippen LogP contribution < -0.4 is 0 Å². The van der Waals surface area contributed by atoms with Gasteiger partial charge in [-0.3, -0.25) is 0 Å². The smallest absolute Gasteiger partial charge is 0.121 e. The van der Waals surface area contributed by atoms with Gasteiger partial charge in [0.25, 0.3) is 0 Å². The van der Waals surface area contributed by atoms with Crippen molar-refractivity contribution >= 4 is 34.0 Å². The zero-order chi connectivity index (χ0) is 6.97. The fourth-order valence-electron chi connectivity index (χ4n) is 0.858. The first kappa shape index (κ1) is 6.13. The lowest BCUT2D eigenvalue weighted by Crippen LogP contribution is -1.62. The van der Waals surface area contributed by atoms with Gasteiger partial charge in [-0.05, 0) is 17.6 Å². The molecular formula is C7H4ClNS. The Hall–Kier alpha value is -0.600. The first-order valence-electron chi connectivity index (χ1n) is 2.88. The van der Waals surface area contributed by atoms with Crippen molar-refractivity contribution in [2.75, 3.05) is 0 Å². The van der Waals surface area contributed by atoms with Crippen molar-refractivity contribution in [3.05, 3.63) is 28.6 Å². The Morgan fingerprint density at radius 2 is 2.10 bits per heavy atom. The quantitative estimate of drug-likeness (QED) is 0.591. The van der Waals surface area contributed by atoms with E-state index in [0.717, 1.165) is 15.2 Å². The maximum Gasteiger partial charge on any atom is 0.121 e. The maximum absolute atomic E-state index is 5.83. The van der Waals surface area contributed by atoms with Crippen molar-refractivity contribution in [2.45, 2.75) is 0 Å². The summed E-state index contributed by atoms with van der Waals surface area (Å²) in [6, 6.07) is 7.85. The van der Waals surface area contributed by atoms with E-state index in [4.69, 9.17) is 11.6 Å². The molecule has 0 amide bonds. The Balaban J connectivity index is 2.93. The Morgan fingerprint density at radius 3 is 2.90 bits per heavy atom. The standard InChI is InChI=1S/C7H4ClNS/c8-7-5-3-1-2-4-6(5)9-10-7/h1-4H. The number of hydrogen-bond donors (Lipinski definition) is 0. The summed E-state index contributed by atoms with van der Waals surface area (Å²) in [5, 5.41) is 1.05. The molecule has 2 aromatic rings. The van der Waals surface area contributed by atoms with Crippen LogP contribution in [0.3, 0.4) is 0 Å². The van der Waals surface area contributed by atoms with Crippen LogP contribution in [0.2, 0.25) is 4.34 Å². The molecule has 0 atom stereocenters.